The third kappa shape index (κ3) is 3.57. The molecule has 1 heterocycles. The molecule has 0 saturated heterocycles. The monoisotopic (exact) mass is 239 g/mol. The van der Waals surface area contributed by atoms with Gasteiger partial charge in [-0.1, -0.05) is 0 Å². The number of thiazole rings is 1. The number of carbonyl (C=O) groups excluding carboxylic acids is 1. The zero-order valence-electron chi connectivity index (χ0n) is 9.45. The summed E-state index contributed by atoms with van der Waals surface area (Å²) in [4.78, 5) is 16.8. The zero-order chi connectivity index (χ0) is 11.4. The van der Waals surface area contributed by atoms with Crippen LogP contribution in [0.25, 0.3) is 0 Å². The number of hydrogen-bond donors (Lipinski definition) is 2. The Hall–Kier alpha value is -0.940. The van der Waals surface area contributed by atoms with E-state index in [1.54, 1.807) is 11.3 Å². The van der Waals surface area contributed by atoms with Crippen molar-refractivity contribution >= 4 is 17.2 Å². The number of nitrogens with zero attached hydrogens (tertiary/aromatic N) is 1. The molecule has 1 amide bonds. The van der Waals surface area contributed by atoms with Gasteiger partial charge < -0.3 is 10.6 Å². The lowest BCUT2D eigenvalue weighted by Gasteiger charge is -2.04. The van der Waals surface area contributed by atoms with Gasteiger partial charge in [-0.2, -0.15) is 0 Å². The predicted molar refractivity (Wildman–Crippen MR) is 64.3 cm³/mol. The summed E-state index contributed by atoms with van der Waals surface area (Å²) in [6.07, 6.45) is 3.09. The predicted octanol–water partition coefficient (Wildman–Crippen LogP) is 1.21. The molecular formula is C11H17N3OS. The number of hydrogen-bond acceptors (Lipinski definition) is 4. The standard InChI is InChI=1S/C11H17N3OS/c1-8-10(16-7-14-8)6-13-11(15)4-5-12-9-2-3-9/h7,9,12H,2-6H2,1H3,(H,13,15). The summed E-state index contributed by atoms with van der Waals surface area (Å²) in [6.45, 7) is 3.36. The van der Waals surface area contributed by atoms with Crippen LogP contribution in [-0.2, 0) is 11.3 Å². The summed E-state index contributed by atoms with van der Waals surface area (Å²) in [7, 11) is 0. The van der Waals surface area contributed by atoms with Crippen LogP contribution in [0.3, 0.4) is 0 Å². The lowest BCUT2D eigenvalue weighted by Crippen LogP contribution is -2.28. The molecule has 1 fully saturated rings. The van der Waals surface area contributed by atoms with Crippen molar-refractivity contribution < 1.29 is 4.79 Å². The number of aromatic nitrogens is 1. The normalized spacial score (nSPS) is 15.1. The van der Waals surface area contributed by atoms with E-state index in [9.17, 15) is 4.79 Å². The van der Waals surface area contributed by atoms with Crippen LogP contribution in [0.15, 0.2) is 5.51 Å². The molecule has 1 saturated carbocycles. The highest BCUT2D eigenvalue weighted by atomic mass is 32.1. The fourth-order valence-corrected chi connectivity index (χ4v) is 2.16. The van der Waals surface area contributed by atoms with Gasteiger partial charge in [-0.15, -0.1) is 11.3 Å². The molecule has 1 aromatic heterocycles. The molecular weight excluding hydrogens is 222 g/mol. The second kappa shape index (κ2) is 5.41. The van der Waals surface area contributed by atoms with Gasteiger partial charge in [0.25, 0.3) is 0 Å². The zero-order valence-corrected chi connectivity index (χ0v) is 10.3. The first-order chi connectivity index (χ1) is 7.75. The van der Waals surface area contributed by atoms with Gasteiger partial charge in [0.2, 0.25) is 5.91 Å². The number of nitrogens with one attached hydrogen (secondary N) is 2. The summed E-state index contributed by atoms with van der Waals surface area (Å²) in [5.41, 5.74) is 2.83. The third-order valence-electron chi connectivity index (χ3n) is 2.65. The molecule has 16 heavy (non-hydrogen) atoms. The minimum Gasteiger partial charge on any atom is -0.351 e. The Morgan fingerprint density at radius 3 is 3.06 bits per heavy atom. The molecule has 1 aliphatic carbocycles. The molecule has 0 atom stereocenters. The Labute approximate surface area is 99.5 Å². The summed E-state index contributed by atoms with van der Waals surface area (Å²) < 4.78 is 0. The summed E-state index contributed by atoms with van der Waals surface area (Å²) in [5.74, 6) is 0.112. The molecule has 0 aromatic carbocycles. The van der Waals surface area contributed by atoms with E-state index in [1.165, 1.54) is 12.8 Å². The average Bonchev–Trinajstić information content (AvgIpc) is 2.99. The lowest BCUT2D eigenvalue weighted by molar-refractivity contribution is -0.121. The SMILES string of the molecule is Cc1ncsc1CNC(=O)CCNC1CC1. The van der Waals surface area contributed by atoms with Crippen molar-refractivity contribution in [2.75, 3.05) is 6.54 Å². The molecule has 88 valence electrons. The topological polar surface area (TPSA) is 54.0 Å². The minimum atomic E-state index is 0.112. The maximum Gasteiger partial charge on any atom is 0.221 e. The first-order valence-electron chi connectivity index (χ1n) is 5.65. The maximum absolute atomic E-state index is 11.5. The van der Waals surface area contributed by atoms with Crippen LogP contribution in [0.5, 0.6) is 0 Å². The van der Waals surface area contributed by atoms with Crippen LogP contribution in [-0.4, -0.2) is 23.5 Å². The molecule has 0 bridgehead atoms. The lowest BCUT2D eigenvalue weighted by atomic mass is 10.3. The first-order valence-corrected chi connectivity index (χ1v) is 6.52. The van der Waals surface area contributed by atoms with E-state index in [2.05, 4.69) is 15.6 Å². The van der Waals surface area contributed by atoms with Crippen molar-refractivity contribution in [3.8, 4) is 0 Å². The highest BCUT2D eigenvalue weighted by molar-refractivity contribution is 7.09. The number of amides is 1. The van der Waals surface area contributed by atoms with Gasteiger partial charge in [0.1, 0.15) is 0 Å². The quantitative estimate of drug-likeness (QED) is 0.784. The van der Waals surface area contributed by atoms with Gasteiger partial charge >= 0.3 is 0 Å². The van der Waals surface area contributed by atoms with Crippen LogP contribution in [0.4, 0.5) is 0 Å². The molecule has 2 rings (SSSR count). The molecule has 4 nitrogen and oxygen atoms in total. The van der Waals surface area contributed by atoms with Gasteiger partial charge in [0.15, 0.2) is 0 Å². The van der Waals surface area contributed by atoms with Crippen molar-refractivity contribution in [3.05, 3.63) is 16.1 Å². The molecule has 0 unspecified atom stereocenters. The van der Waals surface area contributed by atoms with E-state index >= 15 is 0 Å². The van der Waals surface area contributed by atoms with Crippen molar-refractivity contribution in [2.45, 2.75) is 38.8 Å². The molecule has 1 aromatic rings. The van der Waals surface area contributed by atoms with E-state index in [0.717, 1.165) is 17.1 Å². The maximum atomic E-state index is 11.5. The summed E-state index contributed by atoms with van der Waals surface area (Å²) in [6, 6.07) is 0.677. The second-order valence-electron chi connectivity index (χ2n) is 4.12. The van der Waals surface area contributed by atoms with Crippen molar-refractivity contribution in [1.29, 1.82) is 0 Å². The highest BCUT2D eigenvalue weighted by Gasteiger charge is 2.20. The molecule has 1 aliphatic rings. The first kappa shape index (κ1) is 11.5. The van der Waals surface area contributed by atoms with Crippen LogP contribution in [0.2, 0.25) is 0 Å². The van der Waals surface area contributed by atoms with Crippen LogP contribution >= 0.6 is 11.3 Å². The van der Waals surface area contributed by atoms with Gasteiger partial charge in [0, 0.05) is 23.9 Å². The Bertz CT molecular complexity index is 360. The largest absolute Gasteiger partial charge is 0.351 e. The summed E-state index contributed by atoms with van der Waals surface area (Å²) >= 11 is 1.59. The second-order valence-corrected chi connectivity index (χ2v) is 5.06. The number of carbonyl (C=O) groups is 1. The van der Waals surface area contributed by atoms with E-state index in [-0.39, 0.29) is 5.91 Å². The van der Waals surface area contributed by atoms with E-state index < -0.39 is 0 Å². The molecule has 0 spiro atoms. The molecule has 5 heteroatoms. The van der Waals surface area contributed by atoms with E-state index in [1.807, 2.05) is 12.4 Å². The van der Waals surface area contributed by atoms with Crippen molar-refractivity contribution in [2.24, 2.45) is 0 Å². The molecule has 0 aliphatic heterocycles. The van der Waals surface area contributed by atoms with Crippen LogP contribution in [0, 0.1) is 6.92 Å². The van der Waals surface area contributed by atoms with Gasteiger partial charge in [-0.05, 0) is 19.8 Å². The molecule has 0 radical (unpaired) electrons. The Kier molecular flexibility index (Phi) is 3.90. The third-order valence-corrected chi connectivity index (χ3v) is 3.59. The fourth-order valence-electron chi connectivity index (χ4n) is 1.44. The Morgan fingerprint density at radius 1 is 1.62 bits per heavy atom. The smallest absolute Gasteiger partial charge is 0.221 e. The fraction of sp³-hybridized carbons (Fsp3) is 0.636. The van der Waals surface area contributed by atoms with Crippen LogP contribution < -0.4 is 10.6 Å². The van der Waals surface area contributed by atoms with Crippen molar-refractivity contribution in [1.82, 2.24) is 15.6 Å². The van der Waals surface area contributed by atoms with Crippen molar-refractivity contribution in [3.63, 3.8) is 0 Å². The Balaban J connectivity index is 1.61. The van der Waals surface area contributed by atoms with Gasteiger partial charge in [-0.25, -0.2) is 4.98 Å². The number of rotatable bonds is 6. The van der Waals surface area contributed by atoms with E-state index in [4.69, 9.17) is 0 Å². The number of aryl methyl sites for hydroxylation is 1. The average molecular weight is 239 g/mol. The van der Waals surface area contributed by atoms with Gasteiger partial charge in [0.05, 0.1) is 17.7 Å². The highest BCUT2D eigenvalue weighted by Crippen LogP contribution is 2.18. The summed E-state index contributed by atoms with van der Waals surface area (Å²) in [5, 5.41) is 6.23. The molecule has 2 N–H and O–H groups in total. The van der Waals surface area contributed by atoms with Gasteiger partial charge in [-0.3, -0.25) is 4.79 Å². The van der Waals surface area contributed by atoms with E-state index in [0.29, 0.717) is 19.0 Å². The van der Waals surface area contributed by atoms with Crippen LogP contribution in [0.1, 0.15) is 29.8 Å². The minimum absolute atomic E-state index is 0.112. The Morgan fingerprint density at radius 2 is 2.44 bits per heavy atom.